The molecule has 0 saturated carbocycles. The number of hydrogen-bond donors (Lipinski definition) is 1. The number of hydrogen-bond acceptors (Lipinski definition) is 3. The van der Waals surface area contributed by atoms with Crippen molar-refractivity contribution in [3.63, 3.8) is 0 Å². The first-order chi connectivity index (χ1) is 6.83. The van der Waals surface area contributed by atoms with Crippen molar-refractivity contribution in [3.05, 3.63) is 0 Å². The van der Waals surface area contributed by atoms with Crippen molar-refractivity contribution < 1.29 is 0 Å². The SMILES string of the molecule is CCCCNCCN1CCSC(C)C1. The predicted octanol–water partition coefficient (Wildman–Crippen LogP) is 1.81. The Morgan fingerprint density at radius 2 is 2.29 bits per heavy atom. The number of thioether (sulfide) groups is 1. The summed E-state index contributed by atoms with van der Waals surface area (Å²) in [6.07, 6.45) is 2.61. The molecule has 0 spiro atoms. The van der Waals surface area contributed by atoms with Gasteiger partial charge in [0.2, 0.25) is 0 Å². The zero-order chi connectivity index (χ0) is 10.2. The average molecular weight is 216 g/mol. The van der Waals surface area contributed by atoms with Crippen LogP contribution in [0.5, 0.6) is 0 Å². The van der Waals surface area contributed by atoms with Gasteiger partial charge in [0.05, 0.1) is 0 Å². The highest BCUT2D eigenvalue weighted by Crippen LogP contribution is 2.16. The lowest BCUT2D eigenvalue weighted by Crippen LogP contribution is -2.40. The quantitative estimate of drug-likeness (QED) is 0.682. The molecule has 1 N–H and O–H groups in total. The van der Waals surface area contributed by atoms with E-state index in [0.29, 0.717) is 0 Å². The highest BCUT2D eigenvalue weighted by molar-refractivity contribution is 7.99. The lowest BCUT2D eigenvalue weighted by Gasteiger charge is -2.30. The molecule has 84 valence electrons. The van der Waals surface area contributed by atoms with E-state index in [1.54, 1.807) is 0 Å². The first-order valence-corrected chi connectivity index (χ1v) is 6.92. The average Bonchev–Trinajstić information content (AvgIpc) is 2.18. The van der Waals surface area contributed by atoms with Gasteiger partial charge < -0.3 is 10.2 Å². The third kappa shape index (κ3) is 5.23. The first kappa shape index (κ1) is 12.3. The zero-order valence-corrected chi connectivity index (χ0v) is 10.4. The molecule has 0 aromatic rings. The van der Waals surface area contributed by atoms with Crippen LogP contribution < -0.4 is 5.32 Å². The van der Waals surface area contributed by atoms with Gasteiger partial charge in [0, 0.05) is 37.2 Å². The Morgan fingerprint density at radius 3 is 3.00 bits per heavy atom. The van der Waals surface area contributed by atoms with Crippen LogP contribution in [0.2, 0.25) is 0 Å². The third-order valence-corrected chi connectivity index (χ3v) is 3.77. The Morgan fingerprint density at radius 1 is 1.43 bits per heavy atom. The van der Waals surface area contributed by atoms with Gasteiger partial charge in [0.1, 0.15) is 0 Å². The fourth-order valence-corrected chi connectivity index (χ4v) is 2.84. The molecule has 14 heavy (non-hydrogen) atoms. The fourth-order valence-electron chi connectivity index (χ4n) is 1.76. The van der Waals surface area contributed by atoms with Gasteiger partial charge in [-0.3, -0.25) is 0 Å². The van der Waals surface area contributed by atoms with E-state index in [9.17, 15) is 0 Å². The molecule has 0 radical (unpaired) electrons. The van der Waals surface area contributed by atoms with Crippen molar-refractivity contribution in [1.29, 1.82) is 0 Å². The Hall–Kier alpha value is 0.270. The molecule has 0 aliphatic carbocycles. The normalized spacial score (nSPS) is 24.0. The molecule has 3 heteroatoms. The van der Waals surface area contributed by atoms with E-state index in [1.807, 2.05) is 0 Å². The standard InChI is InChI=1S/C11H24N2S/c1-3-4-5-12-6-7-13-8-9-14-11(2)10-13/h11-12H,3-10H2,1-2H3. The molecule has 1 heterocycles. The lowest BCUT2D eigenvalue weighted by atomic mass is 10.3. The summed E-state index contributed by atoms with van der Waals surface area (Å²) in [5, 5.41) is 4.33. The molecule has 1 aliphatic heterocycles. The minimum absolute atomic E-state index is 0.833. The molecule has 0 aromatic carbocycles. The van der Waals surface area contributed by atoms with Crippen LogP contribution in [0, 0.1) is 0 Å². The van der Waals surface area contributed by atoms with E-state index in [2.05, 4.69) is 35.8 Å². The summed E-state index contributed by atoms with van der Waals surface area (Å²) in [6.45, 7) is 10.7. The Bertz CT molecular complexity index is 141. The molecular formula is C11H24N2S. The van der Waals surface area contributed by atoms with Crippen molar-refractivity contribution >= 4 is 11.8 Å². The topological polar surface area (TPSA) is 15.3 Å². The molecule has 1 rings (SSSR count). The summed E-state index contributed by atoms with van der Waals surface area (Å²) >= 11 is 2.11. The molecule has 1 unspecified atom stereocenters. The summed E-state index contributed by atoms with van der Waals surface area (Å²) in [6, 6.07) is 0. The van der Waals surface area contributed by atoms with Crippen LogP contribution in [0.3, 0.4) is 0 Å². The summed E-state index contributed by atoms with van der Waals surface area (Å²) in [4.78, 5) is 2.58. The fraction of sp³-hybridized carbons (Fsp3) is 1.00. The summed E-state index contributed by atoms with van der Waals surface area (Å²) in [5.74, 6) is 1.32. The van der Waals surface area contributed by atoms with Crippen molar-refractivity contribution in [2.24, 2.45) is 0 Å². The van der Waals surface area contributed by atoms with E-state index < -0.39 is 0 Å². The molecule has 1 aliphatic rings. The Labute approximate surface area is 92.8 Å². The maximum absolute atomic E-state index is 3.50. The minimum Gasteiger partial charge on any atom is -0.315 e. The first-order valence-electron chi connectivity index (χ1n) is 5.87. The van der Waals surface area contributed by atoms with Crippen LogP contribution >= 0.6 is 11.8 Å². The molecule has 2 nitrogen and oxygen atoms in total. The van der Waals surface area contributed by atoms with Gasteiger partial charge in [-0.15, -0.1) is 0 Å². The molecule has 1 fully saturated rings. The lowest BCUT2D eigenvalue weighted by molar-refractivity contribution is 0.285. The molecule has 1 saturated heterocycles. The van der Waals surface area contributed by atoms with Gasteiger partial charge in [-0.1, -0.05) is 20.3 Å². The second-order valence-electron chi connectivity index (χ2n) is 4.09. The Kier molecular flexibility index (Phi) is 6.65. The highest BCUT2D eigenvalue weighted by atomic mass is 32.2. The maximum Gasteiger partial charge on any atom is 0.0147 e. The van der Waals surface area contributed by atoms with Crippen molar-refractivity contribution in [1.82, 2.24) is 10.2 Å². The second-order valence-corrected chi connectivity index (χ2v) is 5.63. The van der Waals surface area contributed by atoms with Crippen LogP contribution in [0.1, 0.15) is 26.7 Å². The molecule has 0 bridgehead atoms. The van der Waals surface area contributed by atoms with Crippen molar-refractivity contribution in [2.45, 2.75) is 31.9 Å². The van der Waals surface area contributed by atoms with E-state index in [0.717, 1.165) is 11.8 Å². The van der Waals surface area contributed by atoms with Gasteiger partial charge in [-0.25, -0.2) is 0 Å². The van der Waals surface area contributed by atoms with E-state index >= 15 is 0 Å². The number of rotatable bonds is 6. The van der Waals surface area contributed by atoms with Crippen LogP contribution in [-0.2, 0) is 0 Å². The highest BCUT2D eigenvalue weighted by Gasteiger charge is 2.15. The van der Waals surface area contributed by atoms with Gasteiger partial charge in [-0.2, -0.15) is 11.8 Å². The Balaban J connectivity index is 1.95. The molecule has 1 atom stereocenters. The molecular weight excluding hydrogens is 192 g/mol. The van der Waals surface area contributed by atoms with E-state index in [1.165, 1.54) is 44.8 Å². The van der Waals surface area contributed by atoms with Gasteiger partial charge in [0.15, 0.2) is 0 Å². The van der Waals surface area contributed by atoms with Crippen LogP contribution in [0.15, 0.2) is 0 Å². The third-order valence-electron chi connectivity index (χ3n) is 2.64. The number of unbranched alkanes of at least 4 members (excludes halogenated alkanes) is 1. The van der Waals surface area contributed by atoms with Gasteiger partial charge in [0.25, 0.3) is 0 Å². The van der Waals surface area contributed by atoms with E-state index in [4.69, 9.17) is 0 Å². The van der Waals surface area contributed by atoms with Crippen LogP contribution in [0.4, 0.5) is 0 Å². The summed E-state index contributed by atoms with van der Waals surface area (Å²) in [7, 11) is 0. The maximum atomic E-state index is 3.50. The largest absolute Gasteiger partial charge is 0.315 e. The summed E-state index contributed by atoms with van der Waals surface area (Å²) < 4.78 is 0. The zero-order valence-electron chi connectivity index (χ0n) is 9.59. The minimum atomic E-state index is 0.833. The number of nitrogens with one attached hydrogen (secondary N) is 1. The van der Waals surface area contributed by atoms with Gasteiger partial charge >= 0.3 is 0 Å². The van der Waals surface area contributed by atoms with Crippen LogP contribution in [-0.4, -0.2) is 48.6 Å². The predicted molar refractivity (Wildman–Crippen MR) is 66.1 cm³/mol. The molecule has 0 aromatic heterocycles. The van der Waals surface area contributed by atoms with Crippen molar-refractivity contribution in [3.8, 4) is 0 Å². The summed E-state index contributed by atoms with van der Waals surface area (Å²) in [5.41, 5.74) is 0. The number of nitrogens with zero attached hydrogens (tertiary/aromatic N) is 1. The van der Waals surface area contributed by atoms with Gasteiger partial charge in [-0.05, 0) is 13.0 Å². The second kappa shape index (κ2) is 7.55. The van der Waals surface area contributed by atoms with Crippen molar-refractivity contribution in [2.75, 3.05) is 38.5 Å². The molecule has 0 amide bonds. The van der Waals surface area contributed by atoms with Crippen LogP contribution in [0.25, 0.3) is 0 Å². The monoisotopic (exact) mass is 216 g/mol. The van der Waals surface area contributed by atoms with E-state index in [-0.39, 0.29) is 0 Å². The smallest absolute Gasteiger partial charge is 0.0147 e.